The first kappa shape index (κ1) is 28.7. The number of amides is 2. The summed E-state index contributed by atoms with van der Waals surface area (Å²) in [6.07, 6.45) is 6.53. The molecule has 1 saturated carbocycles. The predicted octanol–water partition coefficient (Wildman–Crippen LogP) is 4.98. The fraction of sp³-hybridized carbons (Fsp3) is 0.481. The zero-order valence-corrected chi connectivity index (χ0v) is 22.9. The van der Waals surface area contributed by atoms with Crippen LogP contribution in [0.2, 0.25) is 0 Å². The van der Waals surface area contributed by atoms with Crippen LogP contribution in [0.1, 0.15) is 37.7 Å². The molecule has 0 bridgehead atoms. The number of para-hydroxylation sites is 1. The van der Waals surface area contributed by atoms with E-state index in [9.17, 15) is 9.59 Å². The van der Waals surface area contributed by atoms with Crippen molar-refractivity contribution in [2.75, 3.05) is 23.1 Å². The fourth-order valence-electron chi connectivity index (χ4n) is 4.34. The van der Waals surface area contributed by atoms with Gasteiger partial charge in [-0.1, -0.05) is 49.6 Å². The van der Waals surface area contributed by atoms with Crippen molar-refractivity contribution in [2.24, 2.45) is 5.92 Å². The van der Waals surface area contributed by atoms with E-state index in [1.54, 1.807) is 23.5 Å². The van der Waals surface area contributed by atoms with Crippen LogP contribution >= 0.6 is 35.9 Å². The van der Waals surface area contributed by atoms with Gasteiger partial charge >= 0.3 is 0 Å². The van der Waals surface area contributed by atoms with Gasteiger partial charge in [0, 0.05) is 23.9 Å². The molecule has 6 nitrogen and oxygen atoms in total. The Labute approximate surface area is 228 Å². The van der Waals surface area contributed by atoms with E-state index >= 15 is 0 Å². The Balaban J connectivity index is 0.00000361. The quantitative estimate of drug-likeness (QED) is 0.367. The molecule has 2 amide bonds. The smallest absolute Gasteiger partial charge is 0.243 e. The lowest BCUT2D eigenvalue weighted by molar-refractivity contribution is -0.129. The summed E-state index contributed by atoms with van der Waals surface area (Å²) in [6, 6.07) is 16.6. The zero-order valence-electron chi connectivity index (χ0n) is 20.4. The minimum atomic E-state index is -0.538. The molecule has 1 aliphatic carbocycles. The molecule has 1 heterocycles. The third kappa shape index (κ3) is 9.21. The number of hydrogen-bond acceptors (Lipinski definition) is 6. The van der Waals surface area contributed by atoms with Crippen LogP contribution in [-0.4, -0.2) is 47.0 Å². The summed E-state index contributed by atoms with van der Waals surface area (Å²) in [5.74, 6) is 5.21. The van der Waals surface area contributed by atoms with Crippen molar-refractivity contribution in [1.82, 2.24) is 16.0 Å². The number of carbonyl (C=O) groups is 2. The van der Waals surface area contributed by atoms with Gasteiger partial charge in [0.1, 0.15) is 17.5 Å². The molecule has 2 aromatic rings. The maximum atomic E-state index is 13.1. The standard InChI is InChI=1S/C27H35N3O3S2.ClH/c31-26(28-15-20-11-13-23(14-12-20)33-22-9-5-2-6-10-22)25(30-27(32)24-17-35-19-29-24)18-34-16-21-7-3-1-4-8-21;/h2,5-6,9-14,21,24-25,29H,1,3-4,7-8,15-19H2,(H,28,31)(H,30,32);1H/t24-,25-;/m0./s1. The summed E-state index contributed by atoms with van der Waals surface area (Å²) in [7, 11) is 0. The van der Waals surface area contributed by atoms with Gasteiger partial charge in [-0.25, -0.2) is 0 Å². The zero-order chi connectivity index (χ0) is 24.3. The largest absolute Gasteiger partial charge is 0.457 e. The van der Waals surface area contributed by atoms with Gasteiger partial charge in [-0.15, -0.1) is 24.2 Å². The van der Waals surface area contributed by atoms with E-state index in [1.807, 2.05) is 54.6 Å². The molecule has 0 spiro atoms. The van der Waals surface area contributed by atoms with Gasteiger partial charge in [0.25, 0.3) is 0 Å². The molecule has 2 aliphatic rings. The fourth-order valence-corrected chi connectivity index (χ4v) is 6.55. The molecule has 196 valence electrons. The van der Waals surface area contributed by atoms with Gasteiger partial charge in [0.2, 0.25) is 11.8 Å². The molecule has 4 rings (SSSR count). The van der Waals surface area contributed by atoms with Crippen LogP contribution in [0.5, 0.6) is 11.5 Å². The molecule has 0 unspecified atom stereocenters. The van der Waals surface area contributed by atoms with Crippen molar-refractivity contribution in [2.45, 2.75) is 50.7 Å². The molecule has 3 N–H and O–H groups in total. The van der Waals surface area contributed by atoms with Gasteiger partial charge in [-0.05, 0) is 54.3 Å². The lowest BCUT2D eigenvalue weighted by Gasteiger charge is -2.23. The van der Waals surface area contributed by atoms with Crippen molar-refractivity contribution in [3.8, 4) is 11.5 Å². The van der Waals surface area contributed by atoms with E-state index in [1.165, 1.54) is 32.1 Å². The summed E-state index contributed by atoms with van der Waals surface area (Å²) < 4.78 is 5.84. The van der Waals surface area contributed by atoms with Crippen LogP contribution < -0.4 is 20.7 Å². The molecule has 9 heteroatoms. The lowest BCUT2D eigenvalue weighted by atomic mass is 9.91. The molecule has 0 aromatic heterocycles. The number of halogens is 1. The summed E-state index contributed by atoms with van der Waals surface area (Å²) in [4.78, 5) is 25.8. The number of ether oxygens (including phenoxy) is 1. The van der Waals surface area contributed by atoms with Crippen LogP contribution in [0.4, 0.5) is 0 Å². The Morgan fingerprint density at radius 3 is 2.44 bits per heavy atom. The summed E-state index contributed by atoms with van der Waals surface area (Å²) >= 11 is 3.49. The highest BCUT2D eigenvalue weighted by Gasteiger charge is 2.28. The highest BCUT2D eigenvalue weighted by atomic mass is 35.5. The Morgan fingerprint density at radius 1 is 1.03 bits per heavy atom. The van der Waals surface area contributed by atoms with Gasteiger partial charge in [-0.3, -0.25) is 14.9 Å². The van der Waals surface area contributed by atoms with E-state index in [2.05, 4.69) is 16.0 Å². The third-order valence-electron chi connectivity index (χ3n) is 6.40. The number of rotatable bonds is 11. The number of thioether (sulfide) groups is 2. The topological polar surface area (TPSA) is 79.5 Å². The van der Waals surface area contributed by atoms with Crippen LogP contribution in [0.3, 0.4) is 0 Å². The van der Waals surface area contributed by atoms with Gasteiger partial charge < -0.3 is 15.4 Å². The van der Waals surface area contributed by atoms with Crippen molar-refractivity contribution in [1.29, 1.82) is 0 Å². The maximum absolute atomic E-state index is 13.1. The first-order valence-electron chi connectivity index (χ1n) is 12.5. The molecule has 0 radical (unpaired) electrons. The molecule has 1 aliphatic heterocycles. The number of benzene rings is 2. The minimum Gasteiger partial charge on any atom is -0.457 e. The van der Waals surface area contributed by atoms with E-state index in [4.69, 9.17) is 4.74 Å². The minimum absolute atomic E-state index is 0. The Morgan fingerprint density at radius 2 is 1.75 bits per heavy atom. The first-order valence-corrected chi connectivity index (χ1v) is 14.8. The van der Waals surface area contributed by atoms with E-state index in [0.29, 0.717) is 12.3 Å². The van der Waals surface area contributed by atoms with Crippen LogP contribution in [0.25, 0.3) is 0 Å². The van der Waals surface area contributed by atoms with Crippen molar-refractivity contribution < 1.29 is 14.3 Å². The highest BCUT2D eigenvalue weighted by Crippen LogP contribution is 2.27. The molecule has 2 atom stereocenters. The van der Waals surface area contributed by atoms with Crippen LogP contribution in [-0.2, 0) is 16.1 Å². The van der Waals surface area contributed by atoms with Gasteiger partial charge in [0.15, 0.2) is 0 Å². The first-order chi connectivity index (χ1) is 17.2. The molecule has 1 saturated heterocycles. The molecular formula is C27H36ClN3O3S2. The average molecular weight is 550 g/mol. The van der Waals surface area contributed by atoms with E-state index in [0.717, 1.165) is 40.4 Å². The summed E-state index contributed by atoms with van der Waals surface area (Å²) in [5, 5.41) is 9.21. The number of carbonyl (C=O) groups excluding carboxylic acids is 2. The summed E-state index contributed by atoms with van der Waals surface area (Å²) in [6.45, 7) is 0.404. The third-order valence-corrected chi connectivity index (χ3v) is 8.61. The van der Waals surface area contributed by atoms with E-state index in [-0.39, 0.29) is 30.3 Å². The monoisotopic (exact) mass is 549 g/mol. The second-order valence-electron chi connectivity index (χ2n) is 9.15. The lowest BCUT2D eigenvalue weighted by Crippen LogP contribution is -2.53. The number of nitrogens with one attached hydrogen (secondary N) is 3. The maximum Gasteiger partial charge on any atom is 0.243 e. The van der Waals surface area contributed by atoms with Crippen molar-refractivity contribution in [3.05, 3.63) is 60.2 Å². The SMILES string of the molecule is Cl.O=C(N[C@@H](CSCC1CCCCC1)C(=O)NCc1ccc(Oc2ccccc2)cc1)[C@@H]1CSCN1. The highest BCUT2D eigenvalue weighted by molar-refractivity contribution is 7.99. The molecule has 2 fully saturated rings. The van der Waals surface area contributed by atoms with Crippen molar-refractivity contribution in [3.63, 3.8) is 0 Å². The Bertz CT molecular complexity index is 937. The van der Waals surface area contributed by atoms with Crippen LogP contribution in [0, 0.1) is 5.92 Å². The predicted molar refractivity (Wildman–Crippen MR) is 152 cm³/mol. The van der Waals surface area contributed by atoms with Gasteiger partial charge in [-0.2, -0.15) is 11.8 Å². The molecule has 2 aromatic carbocycles. The van der Waals surface area contributed by atoms with Crippen molar-refractivity contribution >= 4 is 47.7 Å². The van der Waals surface area contributed by atoms with Gasteiger partial charge in [0.05, 0.1) is 6.04 Å². The number of hydrogen-bond donors (Lipinski definition) is 3. The van der Waals surface area contributed by atoms with Crippen LogP contribution in [0.15, 0.2) is 54.6 Å². The van der Waals surface area contributed by atoms with E-state index < -0.39 is 6.04 Å². The average Bonchev–Trinajstić information content (AvgIpc) is 3.44. The normalized spacial score (nSPS) is 18.6. The second kappa shape index (κ2) is 15.4. The second-order valence-corrected chi connectivity index (χ2v) is 11.3. The molecule has 36 heavy (non-hydrogen) atoms. The summed E-state index contributed by atoms with van der Waals surface area (Å²) in [5.41, 5.74) is 0.979. The molecular weight excluding hydrogens is 514 g/mol. The Kier molecular flexibility index (Phi) is 12.3. The Hall–Kier alpha value is -1.87.